The normalized spacial score (nSPS) is 15.2. The van der Waals surface area contributed by atoms with Gasteiger partial charge in [0.25, 0.3) is 0 Å². The number of hydrogen-bond donors (Lipinski definition) is 3. The number of benzene rings is 2. The molecule has 3 aromatic heterocycles. The summed E-state index contributed by atoms with van der Waals surface area (Å²) in [6.07, 6.45) is 1.63. The van der Waals surface area contributed by atoms with E-state index in [0.717, 1.165) is 66.0 Å². The molecular weight excluding hydrogens is 455 g/mol. The van der Waals surface area contributed by atoms with Gasteiger partial charge in [-0.05, 0) is 80.9 Å². The van der Waals surface area contributed by atoms with E-state index >= 15 is 0 Å². The van der Waals surface area contributed by atoms with Gasteiger partial charge < -0.3 is 15.7 Å². The van der Waals surface area contributed by atoms with Crippen LogP contribution in [0.15, 0.2) is 54.6 Å². The number of likely N-dealkylation sites (tertiary alicyclic amines) is 1. The number of halogens is 1. The van der Waals surface area contributed by atoms with E-state index in [2.05, 4.69) is 49.1 Å². The number of rotatable bonds is 5. The van der Waals surface area contributed by atoms with Crippen LogP contribution < -0.4 is 5.73 Å². The van der Waals surface area contributed by atoms with E-state index in [1.165, 1.54) is 17.7 Å². The largest absolute Gasteiger partial charge is 0.384 e. The number of nitrogens with zero attached hydrogens (tertiary/aromatic N) is 3. The van der Waals surface area contributed by atoms with Crippen LogP contribution in [0.1, 0.15) is 34.6 Å². The lowest BCUT2D eigenvalue weighted by Crippen LogP contribution is -2.35. The summed E-state index contributed by atoms with van der Waals surface area (Å²) in [6, 6.07) is 16.3. The number of anilines is 1. The monoisotopic (exact) mass is 482 g/mol. The summed E-state index contributed by atoms with van der Waals surface area (Å²) < 4.78 is 13.2. The number of fused-ring (bicyclic) bond motifs is 2. The standard InChI is InChI=1S/C28H27FN6O/c1-16-31-26-22(14-25(30)34-28(26)32-16)24-13-20-3-2-17(12-23(20)33-24)15-35-10-8-19(9-11-35)27(36)18-4-6-21(29)7-5-18/h2-7,12-14,19,33H,8-11,15H2,1H3,(H3,30,31,32,34). The van der Waals surface area contributed by atoms with E-state index in [1.807, 2.05) is 13.0 Å². The molecule has 0 radical (unpaired) electrons. The van der Waals surface area contributed by atoms with Crippen molar-refractivity contribution in [2.45, 2.75) is 26.3 Å². The third kappa shape index (κ3) is 4.24. The van der Waals surface area contributed by atoms with Gasteiger partial charge in [0.2, 0.25) is 0 Å². The van der Waals surface area contributed by atoms with Crippen molar-refractivity contribution in [1.82, 2.24) is 24.8 Å². The zero-order valence-corrected chi connectivity index (χ0v) is 20.0. The molecule has 0 saturated carbocycles. The highest BCUT2D eigenvalue weighted by Crippen LogP contribution is 2.31. The number of ketones is 1. The third-order valence-corrected chi connectivity index (χ3v) is 7.07. The number of carbonyl (C=O) groups is 1. The van der Waals surface area contributed by atoms with Crippen molar-refractivity contribution < 1.29 is 9.18 Å². The first kappa shape index (κ1) is 22.4. The molecule has 1 aliphatic heterocycles. The zero-order chi connectivity index (χ0) is 24.8. The van der Waals surface area contributed by atoms with Crippen molar-refractivity contribution in [2.24, 2.45) is 5.92 Å². The number of nitrogens with two attached hydrogens (primary N) is 1. The Kier molecular flexibility index (Phi) is 5.53. The van der Waals surface area contributed by atoms with E-state index < -0.39 is 0 Å². The molecule has 0 bridgehead atoms. The number of carbonyl (C=O) groups excluding carboxylic acids is 1. The van der Waals surface area contributed by atoms with E-state index in [4.69, 9.17) is 5.73 Å². The third-order valence-electron chi connectivity index (χ3n) is 7.07. The minimum atomic E-state index is -0.317. The molecule has 2 aromatic carbocycles. The van der Waals surface area contributed by atoms with Crippen molar-refractivity contribution >= 4 is 33.7 Å². The van der Waals surface area contributed by atoms with E-state index in [9.17, 15) is 9.18 Å². The maximum Gasteiger partial charge on any atom is 0.180 e. The van der Waals surface area contributed by atoms with Gasteiger partial charge in [-0.1, -0.05) is 12.1 Å². The lowest BCUT2D eigenvalue weighted by atomic mass is 9.88. The van der Waals surface area contributed by atoms with Crippen LogP contribution in [-0.2, 0) is 6.54 Å². The first-order chi connectivity index (χ1) is 17.4. The second-order valence-corrected chi connectivity index (χ2v) is 9.64. The zero-order valence-electron chi connectivity index (χ0n) is 20.0. The fourth-order valence-corrected chi connectivity index (χ4v) is 5.21. The summed E-state index contributed by atoms with van der Waals surface area (Å²) in [5.41, 5.74) is 12.3. The highest BCUT2D eigenvalue weighted by atomic mass is 19.1. The SMILES string of the molecule is Cc1nc2nc(N)cc(-c3cc4ccc(CN5CCC(C(=O)c6ccc(F)cc6)CC5)cc4[nH]3)c2[nH]1. The van der Waals surface area contributed by atoms with E-state index in [0.29, 0.717) is 17.0 Å². The highest BCUT2D eigenvalue weighted by molar-refractivity contribution is 5.98. The number of imidazole rings is 1. The first-order valence-corrected chi connectivity index (χ1v) is 12.2. The van der Waals surface area contributed by atoms with Gasteiger partial charge in [-0.15, -0.1) is 0 Å². The van der Waals surface area contributed by atoms with Crippen molar-refractivity contribution in [2.75, 3.05) is 18.8 Å². The molecular formula is C28H27FN6O. The van der Waals surface area contributed by atoms with Gasteiger partial charge in [0.1, 0.15) is 17.5 Å². The van der Waals surface area contributed by atoms with Gasteiger partial charge in [-0.3, -0.25) is 9.69 Å². The number of hydrogen-bond acceptors (Lipinski definition) is 5. The summed E-state index contributed by atoms with van der Waals surface area (Å²) in [7, 11) is 0. The van der Waals surface area contributed by atoms with Crippen molar-refractivity contribution in [3.05, 3.63) is 77.4 Å². The maximum atomic E-state index is 13.2. The Morgan fingerprint density at radius 3 is 2.61 bits per heavy atom. The Balaban J connectivity index is 1.16. The molecule has 0 amide bonds. The average molecular weight is 483 g/mol. The molecule has 4 heterocycles. The summed E-state index contributed by atoms with van der Waals surface area (Å²) in [4.78, 5) is 30.8. The second-order valence-electron chi connectivity index (χ2n) is 9.64. The number of aromatic amines is 2. The number of nitrogen functional groups attached to an aromatic ring is 1. The number of aryl methyl sites for hydroxylation is 1. The van der Waals surface area contributed by atoms with Gasteiger partial charge in [0.15, 0.2) is 11.4 Å². The van der Waals surface area contributed by atoms with Crippen LogP contribution in [0.5, 0.6) is 0 Å². The minimum Gasteiger partial charge on any atom is -0.384 e. The van der Waals surface area contributed by atoms with Crippen LogP contribution in [0, 0.1) is 18.7 Å². The molecule has 0 spiro atoms. The first-order valence-electron chi connectivity index (χ1n) is 12.2. The predicted octanol–water partition coefficient (Wildman–Crippen LogP) is 5.23. The maximum absolute atomic E-state index is 13.2. The predicted molar refractivity (Wildman–Crippen MR) is 139 cm³/mol. The molecule has 182 valence electrons. The smallest absolute Gasteiger partial charge is 0.180 e. The van der Waals surface area contributed by atoms with Gasteiger partial charge in [0.05, 0.1) is 5.52 Å². The summed E-state index contributed by atoms with van der Waals surface area (Å²) >= 11 is 0. The molecule has 4 N–H and O–H groups in total. The van der Waals surface area contributed by atoms with Crippen molar-refractivity contribution in [3.8, 4) is 11.3 Å². The number of nitrogens with one attached hydrogen (secondary N) is 2. The summed E-state index contributed by atoms with van der Waals surface area (Å²) in [6.45, 7) is 4.45. The topological polar surface area (TPSA) is 104 Å². The quantitative estimate of drug-likeness (QED) is 0.298. The van der Waals surface area contributed by atoms with Gasteiger partial charge in [-0.2, -0.15) is 0 Å². The second kappa shape index (κ2) is 8.87. The van der Waals surface area contributed by atoms with Crippen LogP contribution in [-0.4, -0.2) is 43.7 Å². The number of aromatic nitrogens is 4. The van der Waals surface area contributed by atoms with Crippen LogP contribution in [0.25, 0.3) is 33.3 Å². The molecule has 0 aliphatic carbocycles. The lowest BCUT2D eigenvalue weighted by molar-refractivity contribution is 0.0835. The molecule has 0 unspecified atom stereocenters. The van der Waals surface area contributed by atoms with Crippen molar-refractivity contribution in [3.63, 3.8) is 0 Å². The van der Waals surface area contributed by atoms with Crippen LogP contribution in [0.2, 0.25) is 0 Å². The van der Waals surface area contributed by atoms with E-state index in [-0.39, 0.29) is 17.5 Å². The fraction of sp³-hybridized carbons (Fsp3) is 0.250. The Labute approximate surface area is 207 Å². The van der Waals surface area contributed by atoms with Crippen LogP contribution >= 0.6 is 0 Å². The molecule has 1 fully saturated rings. The molecule has 6 rings (SSSR count). The highest BCUT2D eigenvalue weighted by Gasteiger charge is 2.26. The number of piperidine rings is 1. The minimum absolute atomic E-state index is 0.00379. The Morgan fingerprint density at radius 2 is 1.83 bits per heavy atom. The number of Topliss-reactive ketones (excluding diaryl/α,β-unsaturated/α-hetero) is 1. The Bertz CT molecular complexity index is 1580. The molecule has 0 atom stereocenters. The molecule has 1 saturated heterocycles. The Hall–Kier alpha value is -4.04. The Morgan fingerprint density at radius 1 is 1.06 bits per heavy atom. The molecule has 1 aliphatic rings. The van der Waals surface area contributed by atoms with Gasteiger partial charge in [-0.25, -0.2) is 14.4 Å². The van der Waals surface area contributed by atoms with Gasteiger partial charge >= 0.3 is 0 Å². The van der Waals surface area contributed by atoms with Crippen LogP contribution in [0.3, 0.4) is 0 Å². The summed E-state index contributed by atoms with van der Waals surface area (Å²) in [5, 5.41) is 1.12. The van der Waals surface area contributed by atoms with Crippen LogP contribution in [0.4, 0.5) is 10.2 Å². The number of H-pyrrole nitrogens is 2. The molecule has 36 heavy (non-hydrogen) atoms. The fourth-order valence-electron chi connectivity index (χ4n) is 5.21. The molecule has 7 nitrogen and oxygen atoms in total. The lowest BCUT2D eigenvalue weighted by Gasteiger charge is -2.31. The summed E-state index contributed by atoms with van der Waals surface area (Å²) in [5.74, 6) is 1.03. The molecule has 8 heteroatoms. The van der Waals surface area contributed by atoms with Crippen molar-refractivity contribution in [1.29, 1.82) is 0 Å². The molecule has 5 aromatic rings. The van der Waals surface area contributed by atoms with Gasteiger partial charge in [0, 0.05) is 40.2 Å². The number of pyridine rings is 1. The average Bonchev–Trinajstić information content (AvgIpc) is 3.46. The van der Waals surface area contributed by atoms with E-state index in [1.54, 1.807) is 12.1 Å².